The van der Waals surface area contributed by atoms with E-state index in [-0.39, 0.29) is 11.5 Å². The summed E-state index contributed by atoms with van der Waals surface area (Å²) < 4.78 is 5.61. The summed E-state index contributed by atoms with van der Waals surface area (Å²) in [7, 11) is 1.48. The second-order valence-electron chi connectivity index (χ2n) is 4.72. The molecule has 1 aromatic heterocycles. The largest absolute Gasteiger partial charge is 0.507 e. The SMILES string of the molecule is COc1cc(/C=N/c2nnc(-c3ccccc3O)s2)cc(Br)c1O. The van der Waals surface area contributed by atoms with Crippen molar-refractivity contribution in [3.63, 3.8) is 0 Å². The van der Waals surface area contributed by atoms with Crippen molar-refractivity contribution in [3.05, 3.63) is 46.4 Å². The minimum Gasteiger partial charge on any atom is -0.507 e. The Labute approximate surface area is 150 Å². The van der Waals surface area contributed by atoms with Crippen LogP contribution in [0.2, 0.25) is 0 Å². The van der Waals surface area contributed by atoms with E-state index in [0.717, 1.165) is 5.56 Å². The van der Waals surface area contributed by atoms with E-state index in [2.05, 4.69) is 31.1 Å². The molecule has 0 aliphatic carbocycles. The molecule has 0 radical (unpaired) electrons. The number of benzene rings is 2. The van der Waals surface area contributed by atoms with Gasteiger partial charge >= 0.3 is 0 Å². The summed E-state index contributed by atoms with van der Waals surface area (Å²) in [6.45, 7) is 0. The molecule has 6 nitrogen and oxygen atoms in total. The summed E-state index contributed by atoms with van der Waals surface area (Å²) >= 11 is 4.53. The van der Waals surface area contributed by atoms with Crippen LogP contribution in [0.4, 0.5) is 5.13 Å². The van der Waals surface area contributed by atoms with E-state index in [1.54, 1.807) is 36.5 Å². The normalized spacial score (nSPS) is 11.1. The molecule has 122 valence electrons. The van der Waals surface area contributed by atoms with E-state index >= 15 is 0 Å². The van der Waals surface area contributed by atoms with Gasteiger partial charge in [0.2, 0.25) is 5.13 Å². The van der Waals surface area contributed by atoms with E-state index in [4.69, 9.17) is 4.74 Å². The second-order valence-corrected chi connectivity index (χ2v) is 6.53. The maximum atomic E-state index is 9.85. The third-order valence-electron chi connectivity index (χ3n) is 3.14. The van der Waals surface area contributed by atoms with Gasteiger partial charge in [0.25, 0.3) is 0 Å². The zero-order valence-corrected chi connectivity index (χ0v) is 14.9. The van der Waals surface area contributed by atoms with Crippen molar-refractivity contribution in [2.24, 2.45) is 4.99 Å². The Morgan fingerprint density at radius 2 is 2.00 bits per heavy atom. The molecule has 8 heteroatoms. The first kappa shape index (κ1) is 16.4. The van der Waals surface area contributed by atoms with Gasteiger partial charge in [0.15, 0.2) is 16.5 Å². The van der Waals surface area contributed by atoms with Gasteiger partial charge in [-0.05, 0) is 45.8 Å². The molecule has 24 heavy (non-hydrogen) atoms. The molecular formula is C16H12BrN3O3S. The summed E-state index contributed by atoms with van der Waals surface area (Å²) in [5.41, 5.74) is 1.35. The molecule has 3 rings (SSSR count). The number of hydrogen-bond donors (Lipinski definition) is 2. The standard InChI is InChI=1S/C16H12BrN3O3S/c1-23-13-7-9(6-11(17)14(13)22)8-18-16-20-19-15(24-16)10-4-2-3-5-12(10)21/h2-8,21-22H,1H3/b18-8+. The van der Waals surface area contributed by atoms with Crippen LogP contribution in [-0.4, -0.2) is 33.7 Å². The van der Waals surface area contributed by atoms with Crippen molar-refractivity contribution in [2.75, 3.05) is 7.11 Å². The van der Waals surface area contributed by atoms with E-state index in [1.165, 1.54) is 18.4 Å². The average Bonchev–Trinajstić information content (AvgIpc) is 3.05. The number of phenolic OH excluding ortho intramolecular Hbond substituents is 2. The average molecular weight is 406 g/mol. The smallest absolute Gasteiger partial charge is 0.231 e. The number of para-hydroxylation sites is 1. The summed E-state index contributed by atoms with van der Waals surface area (Å²) in [6.07, 6.45) is 1.60. The van der Waals surface area contributed by atoms with Gasteiger partial charge in [-0.1, -0.05) is 23.5 Å². The topological polar surface area (TPSA) is 87.8 Å². The predicted octanol–water partition coefficient (Wildman–Crippen LogP) is 4.14. The molecule has 0 amide bonds. The Morgan fingerprint density at radius 3 is 2.75 bits per heavy atom. The predicted molar refractivity (Wildman–Crippen MR) is 96.6 cm³/mol. The minimum atomic E-state index is 0.0346. The maximum absolute atomic E-state index is 9.85. The Morgan fingerprint density at radius 1 is 1.21 bits per heavy atom. The first-order valence-electron chi connectivity index (χ1n) is 6.81. The van der Waals surface area contributed by atoms with Gasteiger partial charge in [-0.15, -0.1) is 10.2 Å². The van der Waals surface area contributed by atoms with Crippen molar-refractivity contribution in [3.8, 4) is 27.8 Å². The Hall–Kier alpha value is -2.45. The fourth-order valence-corrected chi connectivity index (χ4v) is 3.17. The van der Waals surface area contributed by atoms with Gasteiger partial charge in [-0.2, -0.15) is 0 Å². The quantitative estimate of drug-likeness (QED) is 0.636. The van der Waals surface area contributed by atoms with Crippen LogP contribution in [0.3, 0.4) is 0 Å². The molecule has 1 heterocycles. The lowest BCUT2D eigenvalue weighted by Gasteiger charge is -2.05. The van der Waals surface area contributed by atoms with Crippen molar-refractivity contribution in [2.45, 2.75) is 0 Å². The van der Waals surface area contributed by atoms with Gasteiger partial charge in [0.05, 0.1) is 17.1 Å². The van der Waals surface area contributed by atoms with Crippen molar-refractivity contribution >= 4 is 38.6 Å². The van der Waals surface area contributed by atoms with E-state index in [1.807, 2.05) is 6.07 Å². The molecule has 0 unspecified atom stereocenters. The number of ether oxygens (including phenoxy) is 1. The monoisotopic (exact) mass is 405 g/mol. The van der Waals surface area contributed by atoms with Crippen LogP contribution >= 0.6 is 27.3 Å². The third-order valence-corrected chi connectivity index (χ3v) is 4.61. The zero-order chi connectivity index (χ0) is 17.1. The number of rotatable bonds is 4. The van der Waals surface area contributed by atoms with Crippen molar-refractivity contribution < 1.29 is 14.9 Å². The highest BCUT2D eigenvalue weighted by molar-refractivity contribution is 9.10. The number of nitrogens with zero attached hydrogens (tertiary/aromatic N) is 3. The highest BCUT2D eigenvalue weighted by Gasteiger charge is 2.10. The first-order valence-corrected chi connectivity index (χ1v) is 8.42. The molecule has 0 spiro atoms. The second kappa shape index (κ2) is 6.98. The van der Waals surface area contributed by atoms with Crippen molar-refractivity contribution in [1.29, 1.82) is 0 Å². The van der Waals surface area contributed by atoms with Crippen LogP contribution in [0, 0.1) is 0 Å². The van der Waals surface area contributed by atoms with Gasteiger partial charge in [0, 0.05) is 6.21 Å². The molecule has 2 aromatic carbocycles. The Balaban J connectivity index is 1.86. The molecule has 3 aromatic rings. The number of aliphatic imine (C=N–C) groups is 1. The lowest BCUT2D eigenvalue weighted by atomic mass is 10.2. The lowest BCUT2D eigenvalue weighted by molar-refractivity contribution is 0.372. The number of methoxy groups -OCH3 is 1. The number of halogens is 1. The fraction of sp³-hybridized carbons (Fsp3) is 0.0625. The summed E-state index contributed by atoms with van der Waals surface area (Å²) in [5, 5.41) is 28.7. The first-order chi connectivity index (χ1) is 11.6. The van der Waals surface area contributed by atoms with Crippen LogP contribution in [0.1, 0.15) is 5.56 Å². The van der Waals surface area contributed by atoms with Gasteiger partial charge in [0.1, 0.15) is 5.75 Å². The van der Waals surface area contributed by atoms with Crippen LogP contribution in [0.25, 0.3) is 10.6 Å². The Bertz CT molecular complexity index is 911. The molecule has 0 atom stereocenters. The van der Waals surface area contributed by atoms with Crippen LogP contribution in [0.5, 0.6) is 17.2 Å². The van der Waals surface area contributed by atoms with Crippen molar-refractivity contribution in [1.82, 2.24) is 10.2 Å². The zero-order valence-electron chi connectivity index (χ0n) is 12.5. The molecule has 0 aliphatic rings. The van der Waals surface area contributed by atoms with Gasteiger partial charge in [-0.3, -0.25) is 0 Å². The Kier molecular flexibility index (Phi) is 4.77. The summed E-state index contributed by atoms with van der Waals surface area (Å²) in [6, 6.07) is 10.3. The number of aromatic hydroxyl groups is 2. The molecule has 0 saturated carbocycles. The number of hydrogen-bond acceptors (Lipinski definition) is 7. The van der Waals surface area contributed by atoms with Crippen LogP contribution in [0.15, 0.2) is 45.9 Å². The lowest BCUT2D eigenvalue weighted by Crippen LogP contribution is -1.88. The maximum Gasteiger partial charge on any atom is 0.231 e. The highest BCUT2D eigenvalue weighted by atomic mass is 79.9. The van der Waals surface area contributed by atoms with Crippen LogP contribution in [-0.2, 0) is 0 Å². The fourth-order valence-electron chi connectivity index (χ4n) is 1.98. The van der Waals surface area contributed by atoms with E-state index < -0.39 is 0 Å². The van der Waals surface area contributed by atoms with Gasteiger partial charge < -0.3 is 14.9 Å². The molecule has 0 aliphatic heterocycles. The number of phenols is 2. The third kappa shape index (κ3) is 3.39. The molecule has 0 saturated heterocycles. The number of aromatic nitrogens is 2. The van der Waals surface area contributed by atoms with Crippen LogP contribution < -0.4 is 4.74 Å². The highest BCUT2D eigenvalue weighted by Crippen LogP contribution is 2.36. The molecular weight excluding hydrogens is 394 g/mol. The van der Waals surface area contributed by atoms with E-state index in [9.17, 15) is 10.2 Å². The molecule has 2 N–H and O–H groups in total. The summed E-state index contributed by atoms with van der Waals surface area (Å²) in [5.74, 6) is 0.529. The van der Waals surface area contributed by atoms with E-state index in [0.29, 0.717) is 25.9 Å². The van der Waals surface area contributed by atoms with Gasteiger partial charge in [-0.25, -0.2) is 4.99 Å². The molecule has 0 fully saturated rings. The molecule has 0 bridgehead atoms. The summed E-state index contributed by atoms with van der Waals surface area (Å²) in [4.78, 5) is 4.28. The minimum absolute atomic E-state index is 0.0346.